The first kappa shape index (κ1) is 11.0. The van der Waals surface area contributed by atoms with Crippen molar-refractivity contribution in [3.05, 3.63) is 0 Å². The van der Waals surface area contributed by atoms with Gasteiger partial charge < -0.3 is 5.11 Å². The van der Waals surface area contributed by atoms with E-state index in [-0.39, 0.29) is 11.0 Å². The maximum Gasteiger partial charge on any atom is 0.289 e. The zero-order valence-electron chi connectivity index (χ0n) is 7.89. The number of aliphatic hydroxyl groups is 1. The maximum atomic E-state index is 11.2. The molecule has 5 heteroatoms. The minimum atomic E-state index is -1.24. The highest BCUT2D eigenvalue weighted by Crippen LogP contribution is 2.26. The lowest BCUT2D eigenvalue weighted by atomic mass is 9.85. The summed E-state index contributed by atoms with van der Waals surface area (Å²) >= 11 is 0. The van der Waals surface area contributed by atoms with Crippen molar-refractivity contribution in [2.24, 2.45) is 5.92 Å². The molecule has 2 N–H and O–H groups in total. The lowest BCUT2D eigenvalue weighted by Crippen LogP contribution is -2.39. The molecule has 1 rings (SSSR count). The van der Waals surface area contributed by atoms with Crippen LogP contribution in [0.25, 0.3) is 0 Å². The molecule has 0 saturated heterocycles. The normalized spacial score (nSPS) is 19.8. The van der Waals surface area contributed by atoms with Gasteiger partial charge in [0.1, 0.15) is 6.10 Å². The molecule has 0 aromatic heterocycles. The smallest absolute Gasteiger partial charge is 0.289 e. The van der Waals surface area contributed by atoms with Crippen LogP contribution < -0.4 is 0 Å². The molecule has 1 amide bonds. The van der Waals surface area contributed by atoms with Crippen LogP contribution in [0.15, 0.2) is 0 Å². The van der Waals surface area contributed by atoms with Crippen LogP contribution >= 0.6 is 0 Å². The standard InChI is InChI=1S/C9H14N2O3/c10-6-11(14)9(13)8(12)7-4-2-1-3-5-7/h7-8,12,14H,1-5H2. The second-order valence-corrected chi connectivity index (χ2v) is 3.59. The molecule has 0 aromatic rings. The molecule has 1 atom stereocenters. The molecule has 0 heterocycles. The third-order valence-corrected chi connectivity index (χ3v) is 2.65. The van der Waals surface area contributed by atoms with Gasteiger partial charge in [0.25, 0.3) is 5.91 Å². The van der Waals surface area contributed by atoms with Gasteiger partial charge >= 0.3 is 0 Å². The maximum absolute atomic E-state index is 11.2. The second-order valence-electron chi connectivity index (χ2n) is 3.59. The molecule has 1 aliphatic rings. The third kappa shape index (κ3) is 2.44. The van der Waals surface area contributed by atoms with Crippen LogP contribution in [0.1, 0.15) is 32.1 Å². The van der Waals surface area contributed by atoms with E-state index in [1.807, 2.05) is 0 Å². The van der Waals surface area contributed by atoms with Crippen molar-refractivity contribution in [3.8, 4) is 6.19 Å². The van der Waals surface area contributed by atoms with Gasteiger partial charge in [0.05, 0.1) is 0 Å². The van der Waals surface area contributed by atoms with Crippen LogP contribution in [0, 0.1) is 17.4 Å². The molecule has 5 nitrogen and oxygen atoms in total. The summed E-state index contributed by atoms with van der Waals surface area (Å²) in [5.41, 5.74) is 0. The monoisotopic (exact) mass is 198 g/mol. The van der Waals surface area contributed by atoms with E-state index >= 15 is 0 Å². The number of hydrogen-bond donors (Lipinski definition) is 2. The molecule has 1 unspecified atom stereocenters. The van der Waals surface area contributed by atoms with Gasteiger partial charge in [-0.2, -0.15) is 5.26 Å². The van der Waals surface area contributed by atoms with Crippen LogP contribution in [0.4, 0.5) is 0 Å². The van der Waals surface area contributed by atoms with Crippen molar-refractivity contribution >= 4 is 5.91 Å². The molecular formula is C9H14N2O3. The Morgan fingerprint density at radius 1 is 1.43 bits per heavy atom. The highest BCUT2D eigenvalue weighted by molar-refractivity contribution is 5.81. The van der Waals surface area contributed by atoms with E-state index in [2.05, 4.69) is 0 Å². The fourth-order valence-corrected chi connectivity index (χ4v) is 1.83. The van der Waals surface area contributed by atoms with Crippen LogP contribution in [0.3, 0.4) is 0 Å². The Balaban J connectivity index is 2.51. The fraction of sp³-hybridized carbons (Fsp3) is 0.778. The van der Waals surface area contributed by atoms with Gasteiger partial charge in [-0.15, -0.1) is 5.06 Å². The minimum Gasteiger partial charge on any atom is -0.383 e. The van der Waals surface area contributed by atoms with Crippen molar-refractivity contribution in [3.63, 3.8) is 0 Å². The van der Waals surface area contributed by atoms with Crippen LogP contribution in [0.2, 0.25) is 0 Å². The SMILES string of the molecule is N#CN(O)C(=O)C(O)C1CCCCC1. The summed E-state index contributed by atoms with van der Waals surface area (Å²) in [6.45, 7) is 0. The number of hydrogen-bond acceptors (Lipinski definition) is 4. The molecule has 1 aliphatic carbocycles. The van der Waals surface area contributed by atoms with Gasteiger partial charge in [0, 0.05) is 0 Å². The quantitative estimate of drug-likeness (QED) is 0.295. The van der Waals surface area contributed by atoms with E-state index in [1.165, 1.54) is 6.19 Å². The molecule has 0 spiro atoms. The second kappa shape index (κ2) is 4.94. The van der Waals surface area contributed by atoms with Gasteiger partial charge in [0.15, 0.2) is 0 Å². The Kier molecular flexibility index (Phi) is 3.86. The number of carbonyl (C=O) groups is 1. The van der Waals surface area contributed by atoms with Crippen molar-refractivity contribution in [2.75, 3.05) is 0 Å². The summed E-state index contributed by atoms with van der Waals surface area (Å²) in [7, 11) is 0. The van der Waals surface area contributed by atoms with Gasteiger partial charge in [-0.3, -0.25) is 10.0 Å². The molecule has 1 fully saturated rings. The number of carbonyl (C=O) groups excluding carboxylic acids is 1. The Morgan fingerprint density at radius 2 is 2.00 bits per heavy atom. The van der Waals surface area contributed by atoms with E-state index in [9.17, 15) is 9.90 Å². The average Bonchev–Trinajstić information content (AvgIpc) is 2.27. The lowest BCUT2D eigenvalue weighted by Gasteiger charge is -2.25. The first-order valence-corrected chi connectivity index (χ1v) is 4.77. The molecule has 0 aromatic carbocycles. The summed E-state index contributed by atoms with van der Waals surface area (Å²) in [5.74, 6) is -1.03. The lowest BCUT2D eigenvalue weighted by molar-refractivity contribution is -0.165. The topological polar surface area (TPSA) is 84.6 Å². The number of nitriles is 1. The van der Waals surface area contributed by atoms with Crippen LogP contribution in [-0.2, 0) is 4.79 Å². The Labute approximate surface area is 82.5 Å². The van der Waals surface area contributed by atoms with Crippen LogP contribution in [0.5, 0.6) is 0 Å². The summed E-state index contributed by atoms with van der Waals surface area (Å²) in [4.78, 5) is 11.2. The highest BCUT2D eigenvalue weighted by atomic mass is 16.5. The van der Waals surface area contributed by atoms with Crippen LogP contribution in [-0.4, -0.2) is 27.4 Å². The zero-order chi connectivity index (χ0) is 10.6. The Hall–Kier alpha value is -1.12. The van der Waals surface area contributed by atoms with Gasteiger partial charge in [0.2, 0.25) is 6.19 Å². The summed E-state index contributed by atoms with van der Waals surface area (Å²) in [6.07, 6.45) is 4.71. The molecule has 0 radical (unpaired) electrons. The summed E-state index contributed by atoms with van der Waals surface area (Å²) in [6, 6.07) is 0. The zero-order valence-corrected chi connectivity index (χ0v) is 7.89. The van der Waals surface area contributed by atoms with Crippen molar-refractivity contribution < 1.29 is 15.1 Å². The summed E-state index contributed by atoms with van der Waals surface area (Å²) < 4.78 is 0. The molecule has 0 aliphatic heterocycles. The number of nitrogens with zero attached hydrogens (tertiary/aromatic N) is 2. The van der Waals surface area contributed by atoms with Crippen molar-refractivity contribution in [1.29, 1.82) is 5.26 Å². The number of aliphatic hydroxyl groups excluding tert-OH is 1. The number of amides is 1. The predicted octanol–water partition coefficient (Wildman–Crippen LogP) is 0.626. The highest BCUT2D eigenvalue weighted by Gasteiger charge is 2.30. The van der Waals surface area contributed by atoms with Gasteiger partial charge in [-0.25, -0.2) is 0 Å². The molecular weight excluding hydrogens is 184 g/mol. The number of hydroxylamine groups is 2. The van der Waals surface area contributed by atoms with Crippen molar-refractivity contribution in [2.45, 2.75) is 38.2 Å². The molecule has 14 heavy (non-hydrogen) atoms. The van der Waals surface area contributed by atoms with Gasteiger partial charge in [-0.05, 0) is 18.8 Å². The van der Waals surface area contributed by atoms with E-state index in [0.717, 1.165) is 32.1 Å². The first-order valence-electron chi connectivity index (χ1n) is 4.77. The van der Waals surface area contributed by atoms with Crippen molar-refractivity contribution in [1.82, 2.24) is 5.06 Å². The largest absolute Gasteiger partial charge is 0.383 e. The van der Waals surface area contributed by atoms with E-state index in [1.54, 1.807) is 0 Å². The average molecular weight is 198 g/mol. The molecule has 1 saturated carbocycles. The van der Waals surface area contributed by atoms with Gasteiger partial charge in [-0.1, -0.05) is 19.3 Å². The van der Waals surface area contributed by atoms with E-state index in [4.69, 9.17) is 10.5 Å². The third-order valence-electron chi connectivity index (χ3n) is 2.65. The molecule has 0 bridgehead atoms. The Bertz CT molecular complexity index is 243. The molecule has 78 valence electrons. The van der Waals surface area contributed by atoms with E-state index in [0.29, 0.717) is 0 Å². The van der Waals surface area contributed by atoms with E-state index < -0.39 is 12.0 Å². The fourth-order valence-electron chi connectivity index (χ4n) is 1.83. The first-order chi connectivity index (χ1) is 6.66. The minimum absolute atomic E-state index is 0.0979. The predicted molar refractivity (Wildman–Crippen MR) is 46.8 cm³/mol. The summed E-state index contributed by atoms with van der Waals surface area (Å²) in [5, 5.41) is 26.5. The number of rotatable bonds is 2. The Morgan fingerprint density at radius 3 is 2.50 bits per heavy atom.